The van der Waals surface area contributed by atoms with E-state index in [1.807, 2.05) is 6.92 Å². The van der Waals surface area contributed by atoms with Crippen molar-refractivity contribution in [2.75, 3.05) is 13.1 Å². The van der Waals surface area contributed by atoms with Crippen LogP contribution in [0.1, 0.15) is 28.7 Å². The van der Waals surface area contributed by atoms with Gasteiger partial charge in [0.05, 0.1) is 5.69 Å². The topological polar surface area (TPSA) is 79.8 Å². The molecule has 3 rings (SSSR count). The van der Waals surface area contributed by atoms with Gasteiger partial charge in [0.1, 0.15) is 4.88 Å². The third-order valence-electron chi connectivity index (χ3n) is 3.86. The minimum Gasteiger partial charge on any atom is -0.348 e. The first-order valence-corrected chi connectivity index (χ1v) is 8.23. The Kier molecular flexibility index (Phi) is 4.44. The van der Waals surface area contributed by atoms with Gasteiger partial charge in [0.15, 0.2) is 10.8 Å². The maximum Gasteiger partial charge on any atom is 0.263 e. The molecule has 2 aromatic heterocycles. The van der Waals surface area contributed by atoms with Crippen LogP contribution < -0.4 is 10.6 Å². The predicted molar refractivity (Wildman–Crippen MR) is 85.8 cm³/mol. The van der Waals surface area contributed by atoms with Gasteiger partial charge in [-0.25, -0.2) is 15.0 Å². The number of amides is 1. The standard InChI is InChI=1S/C15H19N5OS/c1-9-8-16-7-4-11(9)20-14(21)12-10(2)19-15(22-12)13-17-5-3-6-18-13/h3,5-6,9,11,16H,4,7-8H2,1-2H3,(H,20,21). The Labute approximate surface area is 133 Å². The van der Waals surface area contributed by atoms with Gasteiger partial charge in [0.2, 0.25) is 0 Å². The number of aryl methyl sites for hydroxylation is 1. The van der Waals surface area contributed by atoms with E-state index in [4.69, 9.17) is 0 Å². The summed E-state index contributed by atoms with van der Waals surface area (Å²) in [5.41, 5.74) is 0.728. The van der Waals surface area contributed by atoms with Crippen LogP contribution in [0.2, 0.25) is 0 Å². The van der Waals surface area contributed by atoms with E-state index in [2.05, 4.69) is 32.5 Å². The Morgan fingerprint density at radius 2 is 2.18 bits per heavy atom. The molecule has 22 heavy (non-hydrogen) atoms. The quantitative estimate of drug-likeness (QED) is 0.899. The molecule has 116 valence electrons. The van der Waals surface area contributed by atoms with E-state index in [1.54, 1.807) is 18.5 Å². The molecule has 6 nitrogen and oxygen atoms in total. The first-order chi connectivity index (χ1) is 10.6. The van der Waals surface area contributed by atoms with Gasteiger partial charge in [-0.1, -0.05) is 6.92 Å². The van der Waals surface area contributed by atoms with Gasteiger partial charge >= 0.3 is 0 Å². The monoisotopic (exact) mass is 317 g/mol. The van der Waals surface area contributed by atoms with Crippen LogP contribution in [0.3, 0.4) is 0 Å². The molecule has 2 aromatic rings. The largest absolute Gasteiger partial charge is 0.348 e. The summed E-state index contributed by atoms with van der Waals surface area (Å²) in [6.45, 7) is 5.89. The second-order valence-corrected chi connectivity index (χ2v) is 6.56. The molecule has 2 unspecified atom stereocenters. The molecular weight excluding hydrogens is 298 g/mol. The van der Waals surface area contributed by atoms with Crippen LogP contribution in [-0.4, -0.2) is 40.0 Å². The number of aromatic nitrogens is 3. The van der Waals surface area contributed by atoms with E-state index >= 15 is 0 Å². The summed E-state index contributed by atoms with van der Waals surface area (Å²) in [6, 6.07) is 1.97. The van der Waals surface area contributed by atoms with Crippen LogP contribution >= 0.6 is 11.3 Å². The molecule has 0 saturated carbocycles. The van der Waals surface area contributed by atoms with E-state index in [0.29, 0.717) is 21.6 Å². The fourth-order valence-corrected chi connectivity index (χ4v) is 3.49. The Hall–Kier alpha value is -1.86. The minimum atomic E-state index is -0.0454. The first-order valence-electron chi connectivity index (χ1n) is 7.41. The number of piperidine rings is 1. The Morgan fingerprint density at radius 1 is 1.41 bits per heavy atom. The van der Waals surface area contributed by atoms with Crippen molar-refractivity contribution in [1.82, 2.24) is 25.6 Å². The lowest BCUT2D eigenvalue weighted by Crippen LogP contribution is -2.48. The number of carbonyl (C=O) groups excluding carboxylic acids is 1. The fraction of sp³-hybridized carbons (Fsp3) is 0.467. The van der Waals surface area contributed by atoms with E-state index in [-0.39, 0.29) is 11.9 Å². The van der Waals surface area contributed by atoms with Gasteiger partial charge in [-0.3, -0.25) is 4.79 Å². The SMILES string of the molecule is Cc1nc(-c2ncccn2)sc1C(=O)NC1CCNCC1C. The number of thiazole rings is 1. The second-order valence-electron chi connectivity index (χ2n) is 5.56. The van der Waals surface area contributed by atoms with E-state index < -0.39 is 0 Å². The Bertz CT molecular complexity index is 657. The van der Waals surface area contributed by atoms with Crippen LogP contribution in [-0.2, 0) is 0 Å². The smallest absolute Gasteiger partial charge is 0.263 e. The second kappa shape index (κ2) is 6.50. The van der Waals surface area contributed by atoms with Gasteiger partial charge in [0, 0.05) is 18.4 Å². The highest BCUT2D eigenvalue weighted by Crippen LogP contribution is 2.25. The molecule has 1 aliphatic rings. The van der Waals surface area contributed by atoms with Gasteiger partial charge in [-0.05, 0) is 38.4 Å². The molecule has 0 bridgehead atoms. The van der Waals surface area contributed by atoms with Crippen LogP contribution in [0, 0.1) is 12.8 Å². The lowest BCUT2D eigenvalue weighted by Gasteiger charge is -2.30. The third-order valence-corrected chi connectivity index (χ3v) is 5.01. The van der Waals surface area contributed by atoms with Crippen molar-refractivity contribution in [3.05, 3.63) is 29.0 Å². The molecule has 1 aliphatic heterocycles. The van der Waals surface area contributed by atoms with Crippen LogP contribution in [0.5, 0.6) is 0 Å². The van der Waals surface area contributed by atoms with Crippen LogP contribution in [0.4, 0.5) is 0 Å². The average molecular weight is 317 g/mol. The number of hydrogen-bond donors (Lipinski definition) is 2. The summed E-state index contributed by atoms with van der Waals surface area (Å²) in [5, 5.41) is 7.16. The molecule has 1 saturated heterocycles. The van der Waals surface area contributed by atoms with Crippen molar-refractivity contribution < 1.29 is 4.79 Å². The predicted octanol–water partition coefficient (Wildman–Crippen LogP) is 1.64. The normalized spacial score (nSPS) is 21.5. The highest BCUT2D eigenvalue weighted by molar-refractivity contribution is 7.17. The summed E-state index contributed by atoms with van der Waals surface area (Å²) in [5.74, 6) is 0.948. The molecule has 2 atom stereocenters. The molecule has 1 amide bonds. The first kappa shape index (κ1) is 15.1. The van der Waals surface area contributed by atoms with Crippen molar-refractivity contribution in [3.8, 4) is 10.8 Å². The minimum absolute atomic E-state index is 0.0454. The summed E-state index contributed by atoms with van der Waals surface area (Å²) in [6.07, 6.45) is 4.31. The average Bonchev–Trinajstić information content (AvgIpc) is 2.92. The van der Waals surface area contributed by atoms with Gasteiger partial charge in [-0.2, -0.15) is 0 Å². The van der Waals surface area contributed by atoms with Crippen LogP contribution in [0.25, 0.3) is 10.8 Å². The number of nitrogens with zero attached hydrogens (tertiary/aromatic N) is 3. The molecule has 0 spiro atoms. The molecule has 7 heteroatoms. The van der Waals surface area contributed by atoms with Gasteiger partial charge < -0.3 is 10.6 Å². The fourth-order valence-electron chi connectivity index (χ4n) is 2.57. The highest BCUT2D eigenvalue weighted by atomic mass is 32.1. The number of rotatable bonds is 3. The number of nitrogens with one attached hydrogen (secondary N) is 2. The molecule has 0 aliphatic carbocycles. The summed E-state index contributed by atoms with van der Waals surface area (Å²) >= 11 is 1.35. The number of carbonyl (C=O) groups is 1. The Balaban J connectivity index is 1.77. The Morgan fingerprint density at radius 3 is 2.91 bits per heavy atom. The van der Waals surface area contributed by atoms with E-state index in [1.165, 1.54) is 11.3 Å². The molecule has 1 fully saturated rings. The molecule has 0 aromatic carbocycles. The van der Waals surface area contributed by atoms with E-state index in [9.17, 15) is 4.79 Å². The molecule has 2 N–H and O–H groups in total. The van der Waals surface area contributed by atoms with Crippen molar-refractivity contribution in [3.63, 3.8) is 0 Å². The van der Waals surface area contributed by atoms with Gasteiger partial charge in [0.25, 0.3) is 5.91 Å². The van der Waals surface area contributed by atoms with Crippen molar-refractivity contribution in [1.29, 1.82) is 0 Å². The lowest BCUT2D eigenvalue weighted by molar-refractivity contribution is 0.0917. The third kappa shape index (κ3) is 3.15. The zero-order valence-electron chi connectivity index (χ0n) is 12.7. The maximum atomic E-state index is 12.5. The lowest BCUT2D eigenvalue weighted by atomic mass is 9.95. The van der Waals surface area contributed by atoms with E-state index in [0.717, 1.165) is 25.2 Å². The van der Waals surface area contributed by atoms with Crippen LogP contribution in [0.15, 0.2) is 18.5 Å². The summed E-state index contributed by atoms with van der Waals surface area (Å²) in [4.78, 5) is 26.0. The number of hydrogen-bond acceptors (Lipinski definition) is 6. The zero-order chi connectivity index (χ0) is 15.5. The van der Waals surface area contributed by atoms with Crippen molar-refractivity contribution in [2.24, 2.45) is 5.92 Å². The molecule has 0 radical (unpaired) electrons. The summed E-state index contributed by atoms with van der Waals surface area (Å²) in [7, 11) is 0. The molecule has 3 heterocycles. The zero-order valence-corrected chi connectivity index (χ0v) is 13.5. The summed E-state index contributed by atoms with van der Waals surface area (Å²) < 4.78 is 0. The highest BCUT2D eigenvalue weighted by Gasteiger charge is 2.25. The van der Waals surface area contributed by atoms with Crippen molar-refractivity contribution in [2.45, 2.75) is 26.3 Å². The molecular formula is C15H19N5OS. The van der Waals surface area contributed by atoms with Crippen molar-refractivity contribution >= 4 is 17.2 Å². The van der Waals surface area contributed by atoms with Gasteiger partial charge in [-0.15, -0.1) is 11.3 Å². The maximum absolute atomic E-state index is 12.5.